The summed E-state index contributed by atoms with van der Waals surface area (Å²) in [7, 11) is 0. The van der Waals surface area contributed by atoms with Gasteiger partial charge in [0, 0.05) is 0 Å². The maximum absolute atomic E-state index is 10.8. The van der Waals surface area contributed by atoms with Crippen molar-refractivity contribution in [2.75, 3.05) is 6.61 Å². The SMILES string of the molecule is CC1(C(O)CO)OC(=O)C(=O)C1O. The van der Waals surface area contributed by atoms with Crippen molar-refractivity contribution in [3.05, 3.63) is 0 Å². The van der Waals surface area contributed by atoms with Gasteiger partial charge in [-0.15, -0.1) is 0 Å². The van der Waals surface area contributed by atoms with Gasteiger partial charge in [0.1, 0.15) is 6.10 Å². The zero-order valence-electron chi connectivity index (χ0n) is 6.93. The predicted molar refractivity (Wildman–Crippen MR) is 38.6 cm³/mol. The van der Waals surface area contributed by atoms with Crippen molar-refractivity contribution >= 4 is 11.8 Å². The molecule has 3 N–H and O–H groups in total. The van der Waals surface area contributed by atoms with Gasteiger partial charge in [-0.1, -0.05) is 0 Å². The number of ketones is 1. The minimum Gasteiger partial charge on any atom is -0.447 e. The highest BCUT2D eigenvalue weighted by molar-refractivity contribution is 6.37. The van der Waals surface area contributed by atoms with Crippen LogP contribution < -0.4 is 0 Å². The fraction of sp³-hybridized carbons (Fsp3) is 0.714. The summed E-state index contributed by atoms with van der Waals surface area (Å²) in [5, 5.41) is 27.0. The zero-order chi connectivity index (χ0) is 10.2. The molecule has 6 nitrogen and oxygen atoms in total. The largest absolute Gasteiger partial charge is 0.447 e. The third kappa shape index (κ3) is 1.32. The van der Waals surface area contributed by atoms with Crippen LogP contribution in [0.1, 0.15) is 6.92 Å². The molecule has 1 aliphatic rings. The van der Waals surface area contributed by atoms with Gasteiger partial charge in [0.25, 0.3) is 5.78 Å². The van der Waals surface area contributed by atoms with Crippen molar-refractivity contribution in [1.29, 1.82) is 0 Å². The number of rotatable bonds is 2. The lowest BCUT2D eigenvalue weighted by atomic mass is 9.92. The average molecular weight is 190 g/mol. The molecular weight excluding hydrogens is 180 g/mol. The highest BCUT2D eigenvalue weighted by Gasteiger charge is 2.55. The molecule has 3 atom stereocenters. The van der Waals surface area contributed by atoms with E-state index in [9.17, 15) is 19.8 Å². The minimum atomic E-state index is -1.73. The number of cyclic esters (lactones) is 1. The molecule has 0 saturated carbocycles. The van der Waals surface area contributed by atoms with Gasteiger partial charge in [0.05, 0.1) is 6.61 Å². The molecule has 0 aromatic carbocycles. The van der Waals surface area contributed by atoms with Crippen molar-refractivity contribution in [3.8, 4) is 0 Å². The van der Waals surface area contributed by atoms with Crippen molar-refractivity contribution in [2.24, 2.45) is 0 Å². The number of carbonyl (C=O) groups excluding carboxylic acids is 2. The van der Waals surface area contributed by atoms with Gasteiger partial charge in [-0.25, -0.2) is 4.79 Å². The van der Waals surface area contributed by atoms with Crippen LogP contribution in [-0.4, -0.2) is 51.5 Å². The predicted octanol–water partition coefficient (Wildman–Crippen LogP) is -2.41. The van der Waals surface area contributed by atoms with Crippen LogP contribution in [-0.2, 0) is 14.3 Å². The summed E-state index contributed by atoms with van der Waals surface area (Å²) in [4.78, 5) is 21.5. The fourth-order valence-electron chi connectivity index (χ4n) is 1.11. The van der Waals surface area contributed by atoms with E-state index in [2.05, 4.69) is 4.74 Å². The number of aliphatic hydroxyl groups is 3. The van der Waals surface area contributed by atoms with Gasteiger partial charge >= 0.3 is 5.97 Å². The molecule has 0 bridgehead atoms. The van der Waals surface area contributed by atoms with Crippen LogP contribution in [0.4, 0.5) is 0 Å². The quantitative estimate of drug-likeness (QED) is 0.331. The van der Waals surface area contributed by atoms with Crippen LogP contribution in [0.15, 0.2) is 0 Å². The Hall–Kier alpha value is -0.980. The van der Waals surface area contributed by atoms with Gasteiger partial charge in [-0.3, -0.25) is 4.79 Å². The third-order valence-corrected chi connectivity index (χ3v) is 2.14. The standard InChI is InChI=1S/C7H10O6/c1-7(3(9)2-8)5(11)4(10)6(12)13-7/h3,5,8-9,11H,2H2,1H3. The van der Waals surface area contributed by atoms with Gasteiger partial charge < -0.3 is 20.1 Å². The first-order chi connectivity index (χ1) is 5.93. The Balaban J connectivity index is 2.93. The first kappa shape index (κ1) is 10.1. The van der Waals surface area contributed by atoms with Crippen molar-refractivity contribution in [1.82, 2.24) is 0 Å². The lowest BCUT2D eigenvalue weighted by Crippen LogP contribution is -2.50. The second-order valence-corrected chi connectivity index (χ2v) is 3.04. The fourth-order valence-corrected chi connectivity index (χ4v) is 1.11. The van der Waals surface area contributed by atoms with Crippen molar-refractivity contribution in [3.63, 3.8) is 0 Å². The number of carbonyl (C=O) groups is 2. The molecule has 3 unspecified atom stereocenters. The van der Waals surface area contributed by atoms with E-state index < -0.39 is 36.2 Å². The molecule has 0 aromatic heterocycles. The second kappa shape index (κ2) is 3.06. The molecular formula is C7H10O6. The third-order valence-electron chi connectivity index (χ3n) is 2.14. The van der Waals surface area contributed by atoms with E-state index >= 15 is 0 Å². The number of Topliss-reactive ketones (excluding diaryl/α,β-unsaturated/α-hetero) is 1. The minimum absolute atomic E-state index is 0.700. The van der Waals surface area contributed by atoms with E-state index in [1.807, 2.05) is 0 Å². The van der Waals surface area contributed by atoms with E-state index in [1.54, 1.807) is 0 Å². The zero-order valence-corrected chi connectivity index (χ0v) is 6.93. The summed E-state index contributed by atoms with van der Waals surface area (Å²) in [6.07, 6.45) is -3.19. The van der Waals surface area contributed by atoms with Crippen LogP contribution in [0, 0.1) is 0 Å². The van der Waals surface area contributed by atoms with Crippen molar-refractivity contribution < 1.29 is 29.6 Å². The van der Waals surface area contributed by atoms with E-state index in [0.717, 1.165) is 0 Å². The van der Waals surface area contributed by atoms with Crippen LogP contribution in [0.3, 0.4) is 0 Å². The molecule has 74 valence electrons. The molecule has 0 radical (unpaired) electrons. The molecule has 1 rings (SSSR count). The Morgan fingerprint density at radius 1 is 1.62 bits per heavy atom. The normalized spacial score (nSPS) is 36.2. The Labute approximate surface area is 73.7 Å². The highest BCUT2D eigenvalue weighted by Crippen LogP contribution is 2.27. The maximum Gasteiger partial charge on any atom is 0.378 e. The Morgan fingerprint density at radius 3 is 2.46 bits per heavy atom. The summed E-state index contributed by atoms with van der Waals surface area (Å²) in [6, 6.07) is 0. The number of aliphatic hydroxyl groups excluding tert-OH is 3. The average Bonchev–Trinajstić information content (AvgIpc) is 2.30. The number of ether oxygens (including phenoxy) is 1. The first-order valence-electron chi connectivity index (χ1n) is 3.67. The van der Waals surface area contributed by atoms with Gasteiger partial charge in [0.15, 0.2) is 11.7 Å². The smallest absolute Gasteiger partial charge is 0.378 e. The van der Waals surface area contributed by atoms with Crippen LogP contribution in [0.25, 0.3) is 0 Å². The molecule has 6 heteroatoms. The lowest BCUT2D eigenvalue weighted by molar-refractivity contribution is -0.167. The van der Waals surface area contributed by atoms with Crippen LogP contribution >= 0.6 is 0 Å². The second-order valence-electron chi connectivity index (χ2n) is 3.04. The molecule has 1 fully saturated rings. The first-order valence-corrected chi connectivity index (χ1v) is 3.67. The lowest BCUT2D eigenvalue weighted by Gasteiger charge is -2.28. The van der Waals surface area contributed by atoms with Gasteiger partial charge in [-0.05, 0) is 6.92 Å². The van der Waals surface area contributed by atoms with Gasteiger partial charge in [0.2, 0.25) is 0 Å². The summed E-state index contributed by atoms with van der Waals surface area (Å²) >= 11 is 0. The van der Waals surface area contributed by atoms with Crippen LogP contribution in [0.5, 0.6) is 0 Å². The molecule has 0 aromatic rings. The number of hydrogen-bond donors (Lipinski definition) is 3. The summed E-state index contributed by atoms with van der Waals surface area (Å²) in [5.74, 6) is -2.29. The van der Waals surface area contributed by atoms with Crippen molar-refractivity contribution in [2.45, 2.75) is 24.7 Å². The molecule has 1 saturated heterocycles. The van der Waals surface area contributed by atoms with E-state index in [4.69, 9.17) is 5.11 Å². The van der Waals surface area contributed by atoms with E-state index in [1.165, 1.54) is 6.92 Å². The number of esters is 1. The highest BCUT2D eigenvalue weighted by atomic mass is 16.6. The summed E-state index contributed by atoms with van der Waals surface area (Å²) in [5.41, 5.74) is -1.73. The molecule has 0 spiro atoms. The Morgan fingerprint density at radius 2 is 2.15 bits per heavy atom. The molecule has 13 heavy (non-hydrogen) atoms. The summed E-state index contributed by atoms with van der Waals surface area (Å²) < 4.78 is 4.48. The Bertz CT molecular complexity index is 249. The van der Waals surface area contributed by atoms with Gasteiger partial charge in [-0.2, -0.15) is 0 Å². The summed E-state index contributed by atoms with van der Waals surface area (Å²) in [6.45, 7) is 0.482. The monoisotopic (exact) mass is 190 g/mol. The maximum atomic E-state index is 10.8. The molecule has 0 amide bonds. The molecule has 0 aliphatic carbocycles. The number of hydrogen-bond acceptors (Lipinski definition) is 6. The Kier molecular flexibility index (Phi) is 2.38. The van der Waals surface area contributed by atoms with Crippen LogP contribution in [0.2, 0.25) is 0 Å². The topological polar surface area (TPSA) is 104 Å². The van der Waals surface area contributed by atoms with E-state index in [-0.39, 0.29) is 0 Å². The van der Waals surface area contributed by atoms with E-state index in [0.29, 0.717) is 0 Å². The molecule has 1 aliphatic heterocycles. The molecule has 1 heterocycles.